The molecule has 0 atom stereocenters. The van der Waals surface area contributed by atoms with Crippen LogP contribution in [0.1, 0.15) is 48.5 Å². The minimum Gasteiger partial charge on any atom is -0.341 e. The van der Waals surface area contributed by atoms with E-state index in [-0.39, 0.29) is 17.3 Å². The monoisotopic (exact) mass is 355 g/mol. The van der Waals surface area contributed by atoms with Crippen LogP contribution in [0.3, 0.4) is 0 Å². The summed E-state index contributed by atoms with van der Waals surface area (Å²) in [6.07, 6.45) is -1.27. The van der Waals surface area contributed by atoms with Gasteiger partial charge in [0.1, 0.15) is 0 Å². The molecule has 25 heavy (non-hydrogen) atoms. The highest BCUT2D eigenvalue weighted by Crippen LogP contribution is 2.30. The maximum atomic E-state index is 12.3. The molecule has 8 heteroatoms. The number of alkyl halides is 3. The first-order valence-corrected chi connectivity index (χ1v) is 8.33. The largest absolute Gasteiger partial charge is 0.390 e. The highest BCUT2D eigenvalue weighted by molar-refractivity contribution is 5.97. The van der Waals surface area contributed by atoms with Crippen LogP contribution in [0.4, 0.5) is 13.2 Å². The molecule has 5 nitrogen and oxygen atoms in total. The van der Waals surface area contributed by atoms with Gasteiger partial charge in [0, 0.05) is 25.2 Å². The van der Waals surface area contributed by atoms with Gasteiger partial charge in [-0.05, 0) is 31.0 Å². The zero-order chi connectivity index (χ0) is 18.2. The molecular weight excluding hydrogens is 335 g/mol. The second-order valence-corrected chi connectivity index (χ2v) is 6.56. The van der Waals surface area contributed by atoms with E-state index in [1.54, 1.807) is 16.7 Å². The number of nitrogens with zero attached hydrogens (tertiary/aromatic N) is 2. The van der Waals surface area contributed by atoms with Crippen molar-refractivity contribution in [2.75, 3.05) is 13.6 Å². The quantitative estimate of drug-likeness (QED) is 0.913. The summed E-state index contributed by atoms with van der Waals surface area (Å²) in [7, 11) is 1.34. The van der Waals surface area contributed by atoms with Gasteiger partial charge in [-0.25, -0.2) is 4.79 Å². The predicted molar refractivity (Wildman–Crippen MR) is 87.7 cm³/mol. The van der Waals surface area contributed by atoms with E-state index < -0.39 is 25.0 Å². The standard InChI is InChI=1S/C17H20F3N3O2/c1-22(9-8-17(18,19)20)15(24)11-6-7-14-13(10-11)21-16(25)23(14)12-4-2-3-5-12/h6-7,10,12H,2-5,8-9H2,1H3,(H,21,25). The second kappa shape index (κ2) is 6.57. The number of carbonyl (C=O) groups excluding carboxylic acids is 1. The predicted octanol–water partition coefficient (Wildman–Crippen LogP) is 3.47. The van der Waals surface area contributed by atoms with Gasteiger partial charge in [-0.3, -0.25) is 9.36 Å². The molecule has 1 N–H and O–H groups in total. The van der Waals surface area contributed by atoms with E-state index >= 15 is 0 Å². The van der Waals surface area contributed by atoms with Gasteiger partial charge in [0.15, 0.2) is 0 Å². The summed E-state index contributed by atoms with van der Waals surface area (Å²) in [6.45, 7) is -0.403. The lowest BCUT2D eigenvalue weighted by Gasteiger charge is -2.18. The smallest absolute Gasteiger partial charge is 0.341 e. The number of aromatic nitrogens is 2. The maximum absolute atomic E-state index is 12.3. The zero-order valence-electron chi connectivity index (χ0n) is 13.9. The number of benzene rings is 1. The van der Waals surface area contributed by atoms with Gasteiger partial charge in [-0.1, -0.05) is 12.8 Å². The number of halogens is 3. The van der Waals surface area contributed by atoms with E-state index in [0.717, 1.165) is 36.1 Å². The number of H-pyrrole nitrogens is 1. The van der Waals surface area contributed by atoms with Crippen molar-refractivity contribution in [2.45, 2.75) is 44.3 Å². The van der Waals surface area contributed by atoms with Crippen LogP contribution in [0, 0.1) is 0 Å². The number of amides is 1. The molecule has 3 rings (SSSR count). The van der Waals surface area contributed by atoms with Crippen molar-refractivity contribution in [3.05, 3.63) is 34.2 Å². The number of carbonyl (C=O) groups is 1. The Morgan fingerprint density at radius 2 is 2.00 bits per heavy atom. The van der Waals surface area contributed by atoms with E-state index in [1.807, 2.05) is 0 Å². The highest BCUT2D eigenvalue weighted by Gasteiger charge is 2.28. The number of nitrogens with one attached hydrogen (secondary N) is 1. The van der Waals surface area contributed by atoms with Crippen LogP contribution in [0.15, 0.2) is 23.0 Å². The normalized spacial score (nSPS) is 15.8. The molecule has 1 aromatic carbocycles. The van der Waals surface area contributed by atoms with Crippen molar-refractivity contribution < 1.29 is 18.0 Å². The molecule has 0 saturated heterocycles. The molecule has 0 aliphatic heterocycles. The topological polar surface area (TPSA) is 58.1 Å². The Balaban J connectivity index is 1.84. The van der Waals surface area contributed by atoms with Crippen LogP contribution in [0.2, 0.25) is 0 Å². The molecule has 0 bridgehead atoms. The molecule has 0 spiro atoms. The molecule has 2 aromatic rings. The van der Waals surface area contributed by atoms with Gasteiger partial charge in [-0.2, -0.15) is 13.2 Å². The van der Waals surface area contributed by atoms with Gasteiger partial charge in [0.2, 0.25) is 0 Å². The molecular formula is C17H20F3N3O2. The summed E-state index contributed by atoms with van der Waals surface area (Å²) in [6, 6.07) is 4.95. The molecule has 1 aromatic heterocycles. The first-order chi connectivity index (χ1) is 11.8. The van der Waals surface area contributed by atoms with Crippen LogP contribution in [0.25, 0.3) is 11.0 Å². The molecule has 1 fully saturated rings. The Hall–Kier alpha value is -2.25. The van der Waals surface area contributed by atoms with Gasteiger partial charge in [0.05, 0.1) is 17.5 Å². The van der Waals surface area contributed by atoms with Gasteiger partial charge < -0.3 is 9.88 Å². The fourth-order valence-corrected chi connectivity index (χ4v) is 3.41. The Bertz CT molecular complexity index is 832. The van der Waals surface area contributed by atoms with E-state index in [0.29, 0.717) is 5.52 Å². The van der Waals surface area contributed by atoms with Crippen LogP contribution in [-0.4, -0.2) is 40.1 Å². The van der Waals surface area contributed by atoms with Crippen LogP contribution < -0.4 is 5.69 Å². The second-order valence-electron chi connectivity index (χ2n) is 6.56. The summed E-state index contributed by atoms with van der Waals surface area (Å²) >= 11 is 0. The SMILES string of the molecule is CN(CCC(F)(F)F)C(=O)c1ccc2c(c1)[nH]c(=O)n2C1CCCC1. The molecule has 0 radical (unpaired) electrons. The average molecular weight is 355 g/mol. The summed E-state index contributed by atoms with van der Waals surface area (Å²) in [5.74, 6) is -0.499. The van der Waals surface area contributed by atoms with E-state index in [9.17, 15) is 22.8 Å². The van der Waals surface area contributed by atoms with Gasteiger partial charge >= 0.3 is 11.9 Å². The summed E-state index contributed by atoms with van der Waals surface area (Å²) in [5, 5.41) is 0. The van der Waals surface area contributed by atoms with Crippen molar-refractivity contribution in [1.82, 2.24) is 14.5 Å². The third-order valence-electron chi connectivity index (χ3n) is 4.73. The average Bonchev–Trinajstić information content (AvgIpc) is 3.16. The molecule has 0 unspecified atom stereocenters. The number of fused-ring (bicyclic) bond motifs is 1. The molecule has 1 aliphatic carbocycles. The van der Waals surface area contributed by atoms with Crippen LogP contribution >= 0.6 is 0 Å². The Labute approximate surface area is 142 Å². The van der Waals surface area contributed by atoms with E-state index in [2.05, 4.69) is 4.98 Å². The van der Waals surface area contributed by atoms with Crippen molar-refractivity contribution in [3.8, 4) is 0 Å². The molecule has 136 valence electrons. The van der Waals surface area contributed by atoms with Gasteiger partial charge in [-0.15, -0.1) is 0 Å². The van der Waals surface area contributed by atoms with Crippen molar-refractivity contribution in [1.29, 1.82) is 0 Å². The molecule has 1 aliphatic rings. The lowest BCUT2D eigenvalue weighted by Crippen LogP contribution is -2.30. The Kier molecular flexibility index (Phi) is 4.62. The summed E-state index contributed by atoms with van der Waals surface area (Å²) < 4.78 is 38.6. The van der Waals surface area contributed by atoms with Crippen LogP contribution in [0.5, 0.6) is 0 Å². The van der Waals surface area contributed by atoms with E-state index in [1.165, 1.54) is 13.1 Å². The first kappa shape index (κ1) is 17.6. The van der Waals surface area contributed by atoms with Gasteiger partial charge in [0.25, 0.3) is 5.91 Å². The minimum atomic E-state index is -4.30. The zero-order valence-corrected chi connectivity index (χ0v) is 13.9. The number of imidazole rings is 1. The highest BCUT2D eigenvalue weighted by atomic mass is 19.4. The van der Waals surface area contributed by atoms with Crippen LogP contribution in [-0.2, 0) is 0 Å². The Morgan fingerprint density at radius 3 is 2.64 bits per heavy atom. The summed E-state index contributed by atoms with van der Waals surface area (Å²) in [5.41, 5.74) is 1.31. The van der Waals surface area contributed by atoms with Crippen molar-refractivity contribution in [3.63, 3.8) is 0 Å². The third kappa shape index (κ3) is 3.72. The maximum Gasteiger partial charge on any atom is 0.390 e. The van der Waals surface area contributed by atoms with Crippen molar-refractivity contribution >= 4 is 16.9 Å². The first-order valence-electron chi connectivity index (χ1n) is 8.33. The fraction of sp³-hybridized carbons (Fsp3) is 0.529. The Morgan fingerprint density at radius 1 is 1.32 bits per heavy atom. The van der Waals surface area contributed by atoms with Crippen molar-refractivity contribution in [2.24, 2.45) is 0 Å². The molecule has 1 amide bonds. The lowest BCUT2D eigenvalue weighted by atomic mass is 10.1. The molecule has 1 saturated carbocycles. The number of rotatable bonds is 4. The molecule has 1 heterocycles. The fourth-order valence-electron chi connectivity index (χ4n) is 3.41. The lowest BCUT2D eigenvalue weighted by molar-refractivity contribution is -0.136. The third-order valence-corrected chi connectivity index (χ3v) is 4.73. The number of aromatic amines is 1. The summed E-state index contributed by atoms with van der Waals surface area (Å²) in [4.78, 5) is 28.3. The van der Waals surface area contributed by atoms with E-state index in [4.69, 9.17) is 0 Å². The number of hydrogen-bond donors (Lipinski definition) is 1. The minimum absolute atomic E-state index is 0.164. The number of hydrogen-bond acceptors (Lipinski definition) is 2.